The van der Waals surface area contributed by atoms with Crippen LogP contribution in [0.2, 0.25) is 0 Å². The van der Waals surface area contributed by atoms with E-state index in [0.29, 0.717) is 19.8 Å². The van der Waals surface area contributed by atoms with Crippen molar-refractivity contribution in [1.82, 2.24) is 0 Å². The van der Waals surface area contributed by atoms with Crippen molar-refractivity contribution in [3.05, 3.63) is 29.3 Å². The fraction of sp³-hybridized carbons (Fsp3) is 0.500. The average molecular weight is 275 g/mol. The number of rotatable bonds is 5. The summed E-state index contributed by atoms with van der Waals surface area (Å²) in [5.41, 5.74) is 7.37. The highest BCUT2D eigenvalue weighted by Crippen LogP contribution is 2.19. The summed E-state index contributed by atoms with van der Waals surface area (Å²) in [6.07, 6.45) is 2.44. The Labute approximate surface area is 120 Å². The number of hydrogen-bond acceptors (Lipinski definition) is 4. The van der Waals surface area contributed by atoms with Crippen LogP contribution in [-0.4, -0.2) is 33.0 Å². The van der Waals surface area contributed by atoms with Gasteiger partial charge in [0.05, 0.1) is 33.0 Å². The summed E-state index contributed by atoms with van der Waals surface area (Å²) in [5.74, 6) is 6.74. The molecule has 108 valence electrons. The van der Waals surface area contributed by atoms with Gasteiger partial charge in [-0.2, -0.15) is 0 Å². The van der Waals surface area contributed by atoms with Crippen LogP contribution in [-0.2, 0) is 16.1 Å². The molecule has 0 bridgehead atoms. The van der Waals surface area contributed by atoms with Gasteiger partial charge in [0.1, 0.15) is 5.75 Å². The second-order valence-electron chi connectivity index (χ2n) is 4.68. The zero-order chi connectivity index (χ0) is 14.2. The van der Waals surface area contributed by atoms with Gasteiger partial charge in [0.25, 0.3) is 0 Å². The Bertz CT molecular complexity index is 484. The third-order valence-corrected chi connectivity index (χ3v) is 3.22. The van der Waals surface area contributed by atoms with Crippen molar-refractivity contribution in [1.29, 1.82) is 0 Å². The Morgan fingerprint density at radius 1 is 1.45 bits per heavy atom. The molecule has 1 aromatic carbocycles. The van der Waals surface area contributed by atoms with E-state index >= 15 is 0 Å². The Kier molecular flexibility index (Phi) is 5.87. The number of methoxy groups -OCH3 is 1. The van der Waals surface area contributed by atoms with Crippen LogP contribution in [0.1, 0.15) is 24.0 Å². The molecule has 1 aromatic rings. The van der Waals surface area contributed by atoms with Crippen LogP contribution in [0.15, 0.2) is 18.2 Å². The normalized spacial score (nSPS) is 17.6. The second kappa shape index (κ2) is 7.91. The van der Waals surface area contributed by atoms with Gasteiger partial charge < -0.3 is 19.9 Å². The molecule has 0 spiro atoms. The first-order valence-corrected chi connectivity index (χ1v) is 6.88. The van der Waals surface area contributed by atoms with E-state index in [2.05, 4.69) is 11.8 Å². The van der Waals surface area contributed by atoms with Crippen molar-refractivity contribution in [2.75, 3.05) is 26.9 Å². The third kappa shape index (κ3) is 4.24. The van der Waals surface area contributed by atoms with Crippen molar-refractivity contribution < 1.29 is 14.2 Å². The molecular weight excluding hydrogens is 254 g/mol. The fourth-order valence-electron chi connectivity index (χ4n) is 2.16. The van der Waals surface area contributed by atoms with Gasteiger partial charge in [-0.25, -0.2) is 0 Å². The zero-order valence-corrected chi connectivity index (χ0v) is 11.9. The average Bonchev–Trinajstić information content (AvgIpc) is 2.99. The molecule has 1 fully saturated rings. The lowest BCUT2D eigenvalue weighted by Crippen LogP contribution is -2.14. The standard InChI is InChI=1S/C16H21NO3/c1-18-15-7-6-13(4-2-8-17)14(10-15)11-19-12-16-5-3-9-20-16/h6-7,10,16H,3,5,8-9,11-12,17H2,1H3. The van der Waals surface area contributed by atoms with E-state index < -0.39 is 0 Å². The molecule has 1 atom stereocenters. The van der Waals surface area contributed by atoms with Gasteiger partial charge in [0.2, 0.25) is 0 Å². The van der Waals surface area contributed by atoms with E-state index in [4.69, 9.17) is 19.9 Å². The molecule has 0 aliphatic carbocycles. The molecule has 1 aliphatic rings. The smallest absolute Gasteiger partial charge is 0.119 e. The van der Waals surface area contributed by atoms with Crippen LogP contribution in [0.5, 0.6) is 5.75 Å². The van der Waals surface area contributed by atoms with E-state index in [9.17, 15) is 0 Å². The molecule has 0 saturated carbocycles. The Morgan fingerprint density at radius 3 is 3.05 bits per heavy atom. The number of hydrogen-bond donors (Lipinski definition) is 1. The molecular formula is C16H21NO3. The molecule has 1 aliphatic heterocycles. The highest BCUT2D eigenvalue weighted by Gasteiger charge is 2.15. The predicted molar refractivity (Wildman–Crippen MR) is 77.6 cm³/mol. The lowest BCUT2D eigenvalue weighted by molar-refractivity contribution is 0.0105. The summed E-state index contributed by atoms with van der Waals surface area (Å²) < 4.78 is 16.5. The van der Waals surface area contributed by atoms with Gasteiger partial charge in [-0.15, -0.1) is 0 Å². The number of ether oxygens (including phenoxy) is 3. The second-order valence-corrected chi connectivity index (χ2v) is 4.68. The summed E-state index contributed by atoms with van der Waals surface area (Å²) in [7, 11) is 1.65. The molecule has 4 heteroatoms. The molecule has 4 nitrogen and oxygen atoms in total. The van der Waals surface area contributed by atoms with Crippen LogP contribution in [0.3, 0.4) is 0 Å². The summed E-state index contributed by atoms with van der Waals surface area (Å²) in [4.78, 5) is 0. The molecule has 0 amide bonds. The lowest BCUT2D eigenvalue weighted by Gasteiger charge is -2.12. The summed E-state index contributed by atoms with van der Waals surface area (Å²) >= 11 is 0. The molecule has 2 N–H and O–H groups in total. The lowest BCUT2D eigenvalue weighted by atomic mass is 10.1. The minimum atomic E-state index is 0.235. The highest BCUT2D eigenvalue weighted by atomic mass is 16.5. The fourth-order valence-corrected chi connectivity index (χ4v) is 2.16. The van der Waals surface area contributed by atoms with E-state index in [1.54, 1.807) is 7.11 Å². The molecule has 1 heterocycles. The maximum Gasteiger partial charge on any atom is 0.119 e. The SMILES string of the molecule is COc1ccc(C#CCN)c(COCC2CCCO2)c1. The Morgan fingerprint density at radius 2 is 2.35 bits per heavy atom. The molecule has 2 rings (SSSR count). The van der Waals surface area contributed by atoms with E-state index in [0.717, 1.165) is 36.3 Å². The van der Waals surface area contributed by atoms with Crippen LogP contribution in [0.25, 0.3) is 0 Å². The minimum absolute atomic E-state index is 0.235. The molecule has 1 unspecified atom stereocenters. The van der Waals surface area contributed by atoms with Crippen molar-refractivity contribution in [3.63, 3.8) is 0 Å². The highest BCUT2D eigenvalue weighted by molar-refractivity contribution is 5.45. The summed E-state index contributed by atoms with van der Waals surface area (Å²) in [6.45, 7) is 2.33. The Hall–Kier alpha value is -1.54. The number of benzene rings is 1. The topological polar surface area (TPSA) is 53.7 Å². The van der Waals surface area contributed by atoms with Crippen LogP contribution in [0.4, 0.5) is 0 Å². The first kappa shape index (κ1) is 14.9. The van der Waals surface area contributed by atoms with Crippen molar-refractivity contribution in [3.8, 4) is 17.6 Å². The van der Waals surface area contributed by atoms with Crippen molar-refractivity contribution in [2.45, 2.75) is 25.6 Å². The molecule has 20 heavy (non-hydrogen) atoms. The van der Waals surface area contributed by atoms with Gasteiger partial charge in [0.15, 0.2) is 0 Å². The minimum Gasteiger partial charge on any atom is -0.497 e. The molecule has 0 radical (unpaired) electrons. The monoisotopic (exact) mass is 275 g/mol. The third-order valence-electron chi connectivity index (χ3n) is 3.22. The van der Waals surface area contributed by atoms with E-state index in [-0.39, 0.29) is 6.10 Å². The first-order valence-electron chi connectivity index (χ1n) is 6.88. The quantitative estimate of drug-likeness (QED) is 0.831. The van der Waals surface area contributed by atoms with Crippen molar-refractivity contribution in [2.24, 2.45) is 5.73 Å². The zero-order valence-electron chi connectivity index (χ0n) is 11.9. The Balaban J connectivity index is 1.99. The number of nitrogens with two attached hydrogens (primary N) is 1. The van der Waals surface area contributed by atoms with E-state index in [1.165, 1.54) is 0 Å². The largest absolute Gasteiger partial charge is 0.497 e. The predicted octanol–water partition coefficient (Wildman–Crippen LogP) is 1.70. The maximum absolute atomic E-state index is 5.74. The van der Waals surface area contributed by atoms with Gasteiger partial charge in [-0.3, -0.25) is 0 Å². The maximum atomic E-state index is 5.74. The first-order chi connectivity index (χ1) is 9.83. The summed E-state index contributed by atoms with van der Waals surface area (Å²) in [6, 6.07) is 5.78. The molecule has 1 saturated heterocycles. The molecule has 0 aromatic heterocycles. The van der Waals surface area contributed by atoms with Gasteiger partial charge in [-0.1, -0.05) is 11.8 Å². The van der Waals surface area contributed by atoms with Gasteiger partial charge in [-0.05, 0) is 36.6 Å². The van der Waals surface area contributed by atoms with E-state index in [1.807, 2.05) is 18.2 Å². The van der Waals surface area contributed by atoms with Crippen molar-refractivity contribution >= 4 is 0 Å². The van der Waals surface area contributed by atoms with Crippen LogP contribution >= 0.6 is 0 Å². The van der Waals surface area contributed by atoms with Gasteiger partial charge >= 0.3 is 0 Å². The van der Waals surface area contributed by atoms with Gasteiger partial charge in [0, 0.05) is 12.2 Å². The van der Waals surface area contributed by atoms with Crippen LogP contribution < -0.4 is 10.5 Å². The van der Waals surface area contributed by atoms with Crippen LogP contribution in [0, 0.1) is 11.8 Å². The summed E-state index contributed by atoms with van der Waals surface area (Å²) in [5, 5.41) is 0.